The summed E-state index contributed by atoms with van der Waals surface area (Å²) in [6, 6.07) is 13.5. The van der Waals surface area contributed by atoms with E-state index in [4.69, 9.17) is 9.47 Å². The fourth-order valence-electron chi connectivity index (χ4n) is 2.74. The molecule has 0 unspecified atom stereocenters. The molecule has 1 aliphatic rings. The summed E-state index contributed by atoms with van der Waals surface area (Å²) < 4.78 is 10.5. The van der Waals surface area contributed by atoms with E-state index in [-0.39, 0.29) is 31.4 Å². The van der Waals surface area contributed by atoms with Gasteiger partial charge < -0.3 is 14.8 Å². The number of amides is 2. The Balaban J connectivity index is 1.68. The standard InChI is InChI=1S/C20H20N2O5/c1-2-26-20(25)14-7-9-15(10-8-14)21-18(23)13-22-16-5-3-4-6-17(16)27-12-11-19(22)24/h3-10H,2,11-13H2,1H3,(H,21,23). The summed E-state index contributed by atoms with van der Waals surface area (Å²) >= 11 is 0. The Morgan fingerprint density at radius 3 is 2.63 bits per heavy atom. The van der Waals surface area contributed by atoms with E-state index in [1.54, 1.807) is 49.4 Å². The summed E-state index contributed by atoms with van der Waals surface area (Å²) in [7, 11) is 0. The number of fused-ring (bicyclic) bond motifs is 1. The van der Waals surface area contributed by atoms with E-state index in [0.29, 0.717) is 29.3 Å². The molecule has 0 saturated carbocycles. The van der Waals surface area contributed by atoms with Crippen LogP contribution in [0, 0.1) is 0 Å². The van der Waals surface area contributed by atoms with Gasteiger partial charge in [0.05, 0.1) is 30.9 Å². The molecule has 140 valence electrons. The number of carbonyl (C=O) groups is 3. The first-order chi connectivity index (χ1) is 13.1. The highest BCUT2D eigenvalue weighted by atomic mass is 16.5. The van der Waals surface area contributed by atoms with E-state index in [9.17, 15) is 14.4 Å². The first kappa shape index (κ1) is 18.4. The topological polar surface area (TPSA) is 84.9 Å². The lowest BCUT2D eigenvalue weighted by atomic mass is 10.2. The predicted octanol–water partition coefficient (Wildman–Crippen LogP) is 2.62. The van der Waals surface area contributed by atoms with Gasteiger partial charge in [0.15, 0.2) is 0 Å². The van der Waals surface area contributed by atoms with Crippen LogP contribution in [0.2, 0.25) is 0 Å². The molecule has 0 radical (unpaired) electrons. The van der Waals surface area contributed by atoms with Crippen molar-refractivity contribution in [2.45, 2.75) is 13.3 Å². The van der Waals surface area contributed by atoms with Crippen LogP contribution in [0.4, 0.5) is 11.4 Å². The molecule has 1 aliphatic heterocycles. The third-order valence-electron chi connectivity index (χ3n) is 4.01. The molecule has 2 aromatic carbocycles. The number of hydrogen-bond acceptors (Lipinski definition) is 5. The number of ether oxygens (including phenoxy) is 2. The zero-order valence-corrected chi connectivity index (χ0v) is 14.9. The van der Waals surface area contributed by atoms with Gasteiger partial charge in [-0.2, -0.15) is 0 Å². The molecule has 0 spiro atoms. The first-order valence-corrected chi connectivity index (χ1v) is 8.67. The van der Waals surface area contributed by atoms with Crippen molar-refractivity contribution in [3.63, 3.8) is 0 Å². The maximum atomic E-state index is 12.4. The Morgan fingerprint density at radius 1 is 1.15 bits per heavy atom. The van der Waals surface area contributed by atoms with Crippen LogP contribution in [0.3, 0.4) is 0 Å². The molecule has 0 atom stereocenters. The van der Waals surface area contributed by atoms with Crippen molar-refractivity contribution in [2.24, 2.45) is 0 Å². The number of para-hydroxylation sites is 2. The van der Waals surface area contributed by atoms with E-state index < -0.39 is 5.97 Å². The van der Waals surface area contributed by atoms with Gasteiger partial charge in [-0.3, -0.25) is 14.5 Å². The van der Waals surface area contributed by atoms with E-state index >= 15 is 0 Å². The van der Waals surface area contributed by atoms with E-state index in [2.05, 4.69) is 5.32 Å². The Kier molecular flexibility index (Phi) is 5.71. The van der Waals surface area contributed by atoms with Crippen LogP contribution in [0.15, 0.2) is 48.5 Å². The van der Waals surface area contributed by atoms with Gasteiger partial charge in [0.2, 0.25) is 11.8 Å². The second-order valence-electron chi connectivity index (χ2n) is 5.89. The molecular formula is C20H20N2O5. The van der Waals surface area contributed by atoms with Crippen LogP contribution in [-0.4, -0.2) is 37.5 Å². The third kappa shape index (κ3) is 4.44. The number of carbonyl (C=O) groups excluding carboxylic acids is 3. The monoisotopic (exact) mass is 368 g/mol. The van der Waals surface area contributed by atoms with Crippen molar-refractivity contribution in [1.82, 2.24) is 0 Å². The van der Waals surface area contributed by atoms with Gasteiger partial charge in [-0.15, -0.1) is 0 Å². The van der Waals surface area contributed by atoms with Gasteiger partial charge in [0, 0.05) is 5.69 Å². The molecule has 0 saturated heterocycles. The summed E-state index contributed by atoms with van der Waals surface area (Å²) in [5.74, 6) is -0.353. The van der Waals surface area contributed by atoms with Gasteiger partial charge in [-0.1, -0.05) is 12.1 Å². The van der Waals surface area contributed by atoms with Crippen LogP contribution in [0.25, 0.3) is 0 Å². The molecular weight excluding hydrogens is 348 g/mol. The number of benzene rings is 2. The van der Waals surface area contributed by atoms with Crippen LogP contribution in [-0.2, 0) is 14.3 Å². The van der Waals surface area contributed by atoms with Crippen LogP contribution in [0.1, 0.15) is 23.7 Å². The summed E-state index contributed by atoms with van der Waals surface area (Å²) in [5.41, 5.74) is 1.51. The van der Waals surface area contributed by atoms with Gasteiger partial charge in [0.25, 0.3) is 0 Å². The van der Waals surface area contributed by atoms with Crippen LogP contribution in [0.5, 0.6) is 5.75 Å². The number of esters is 1. The molecule has 1 heterocycles. The summed E-state index contributed by atoms with van der Waals surface area (Å²) in [5, 5.41) is 2.73. The fraction of sp³-hybridized carbons (Fsp3) is 0.250. The normalized spacial score (nSPS) is 13.2. The zero-order valence-electron chi connectivity index (χ0n) is 14.9. The lowest BCUT2D eigenvalue weighted by Crippen LogP contribution is -2.37. The van der Waals surface area contributed by atoms with Crippen molar-refractivity contribution in [1.29, 1.82) is 0 Å². The number of nitrogens with zero attached hydrogens (tertiary/aromatic N) is 1. The molecule has 0 bridgehead atoms. The number of nitrogens with one attached hydrogen (secondary N) is 1. The minimum absolute atomic E-state index is 0.126. The second-order valence-corrected chi connectivity index (χ2v) is 5.89. The molecule has 27 heavy (non-hydrogen) atoms. The summed E-state index contributed by atoms with van der Waals surface area (Å²) in [6.07, 6.45) is 0.205. The largest absolute Gasteiger partial charge is 0.491 e. The molecule has 0 fully saturated rings. The Bertz CT molecular complexity index is 848. The Morgan fingerprint density at radius 2 is 1.89 bits per heavy atom. The molecule has 7 heteroatoms. The lowest BCUT2D eigenvalue weighted by Gasteiger charge is -2.21. The predicted molar refractivity (Wildman–Crippen MR) is 99.9 cm³/mol. The highest BCUT2D eigenvalue weighted by Crippen LogP contribution is 2.30. The molecule has 7 nitrogen and oxygen atoms in total. The Hall–Kier alpha value is -3.35. The minimum Gasteiger partial charge on any atom is -0.491 e. The zero-order chi connectivity index (χ0) is 19.2. The summed E-state index contributed by atoms with van der Waals surface area (Å²) in [4.78, 5) is 37.9. The van der Waals surface area contributed by atoms with E-state index in [0.717, 1.165) is 0 Å². The van der Waals surface area contributed by atoms with Crippen molar-refractivity contribution >= 4 is 29.2 Å². The lowest BCUT2D eigenvalue weighted by molar-refractivity contribution is -0.121. The quantitative estimate of drug-likeness (QED) is 0.820. The van der Waals surface area contributed by atoms with Gasteiger partial charge in [-0.05, 0) is 43.3 Å². The molecule has 2 amide bonds. The fourth-order valence-corrected chi connectivity index (χ4v) is 2.74. The molecule has 0 aliphatic carbocycles. The number of anilines is 2. The van der Waals surface area contributed by atoms with Crippen LogP contribution >= 0.6 is 0 Å². The SMILES string of the molecule is CCOC(=O)c1ccc(NC(=O)CN2C(=O)CCOc3ccccc32)cc1. The van der Waals surface area contributed by atoms with E-state index in [1.165, 1.54) is 4.90 Å². The maximum Gasteiger partial charge on any atom is 0.338 e. The van der Waals surface area contributed by atoms with Crippen molar-refractivity contribution in [3.05, 3.63) is 54.1 Å². The average Bonchev–Trinajstić information content (AvgIpc) is 2.82. The van der Waals surface area contributed by atoms with Crippen molar-refractivity contribution < 1.29 is 23.9 Å². The average molecular weight is 368 g/mol. The van der Waals surface area contributed by atoms with Gasteiger partial charge in [-0.25, -0.2) is 4.79 Å². The number of hydrogen-bond donors (Lipinski definition) is 1. The number of rotatable bonds is 5. The third-order valence-corrected chi connectivity index (χ3v) is 4.01. The summed E-state index contributed by atoms with van der Waals surface area (Å²) in [6.45, 7) is 2.19. The molecule has 0 aromatic heterocycles. The van der Waals surface area contributed by atoms with Gasteiger partial charge >= 0.3 is 5.97 Å². The maximum absolute atomic E-state index is 12.4. The minimum atomic E-state index is -0.415. The smallest absolute Gasteiger partial charge is 0.338 e. The highest BCUT2D eigenvalue weighted by molar-refractivity contribution is 6.03. The van der Waals surface area contributed by atoms with E-state index in [1.807, 2.05) is 6.07 Å². The molecule has 1 N–H and O–H groups in total. The molecule has 2 aromatic rings. The second kappa shape index (κ2) is 8.35. The van der Waals surface area contributed by atoms with Crippen molar-refractivity contribution in [3.8, 4) is 5.75 Å². The molecule has 3 rings (SSSR count). The van der Waals surface area contributed by atoms with Gasteiger partial charge in [0.1, 0.15) is 12.3 Å². The highest BCUT2D eigenvalue weighted by Gasteiger charge is 2.25. The van der Waals surface area contributed by atoms with Crippen molar-refractivity contribution in [2.75, 3.05) is 30.0 Å². The Labute approximate surface area is 156 Å². The first-order valence-electron chi connectivity index (χ1n) is 8.67. The van der Waals surface area contributed by atoms with Crippen LogP contribution < -0.4 is 15.0 Å².